The largest absolute Gasteiger partial charge is 0.298 e. The van der Waals surface area contributed by atoms with Gasteiger partial charge in [0.15, 0.2) is 5.13 Å². The van der Waals surface area contributed by atoms with Crippen molar-refractivity contribution in [1.82, 2.24) is 9.29 Å². The van der Waals surface area contributed by atoms with Crippen LogP contribution in [-0.4, -0.2) is 36.2 Å². The van der Waals surface area contributed by atoms with E-state index in [0.717, 1.165) is 43.4 Å². The zero-order valence-corrected chi connectivity index (χ0v) is 20.9. The molecular formula is C26H29N3O3S2. The van der Waals surface area contributed by atoms with E-state index in [-0.39, 0.29) is 16.8 Å². The van der Waals surface area contributed by atoms with Gasteiger partial charge in [-0.05, 0) is 86.9 Å². The number of carbonyl (C=O) groups is 1. The molecule has 1 aromatic heterocycles. The molecule has 0 radical (unpaired) electrons. The SMILES string of the molecule is C[C@@H]1CCCCN1S(=O)(=O)c1ccc(C(=O)Nc2nc(-c3ccc4c(c3)CCCC4)cs2)cc1. The van der Waals surface area contributed by atoms with Crippen LogP contribution in [0.3, 0.4) is 0 Å². The molecule has 1 aliphatic carbocycles. The number of sulfonamides is 1. The fourth-order valence-electron chi connectivity index (χ4n) is 4.87. The van der Waals surface area contributed by atoms with Gasteiger partial charge >= 0.3 is 0 Å². The van der Waals surface area contributed by atoms with Crippen LogP contribution < -0.4 is 5.32 Å². The van der Waals surface area contributed by atoms with E-state index in [9.17, 15) is 13.2 Å². The number of hydrogen-bond acceptors (Lipinski definition) is 5. The summed E-state index contributed by atoms with van der Waals surface area (Å²) >= 11 is 1.39. The summed E-state index contributed by atoms with van der Waals surface area (Å²) in [6.07, 6.45) is 7.55. The molecule has 2 aromatic carbocycles. The van der Waals surface area contributed by atoms with Crippen LogP contribution in [-0.2, 0) is 22.9 Å². The average Bonchev–Trinajstić information content (AvgIpc) is 3.32. The van der Waals surface area contributed by atoms with Crippen LogP contribution in [0.15, 0.2) is 52.7 Å². The lowest BCUT2D eigenvalue weighted by molar-refractivity contribution is 0.102. The quantitative estimate of drug-likeness (QED) is 0.507. The van der Waals surface area contributed by atoms with Crippen LogP contribution >= 0.6 is 11.3 Å². The predicted molar refractivity (Wildman–Crippen MR) is 136 cm³/mol. The molecule has 0 spiro atoms. The Labute approximate surface area is 205 Å². The number of amides is 1. The lowest BCUT2D eigenvalue weighted by Gasteiger charge is -2.32. The maximum Gasteiger partial charge on any atom is 0.257 e. The van der Waals surface area contributed by atoms with Crippen molar-refractivity contribution < 1.29 is 13.2 Å². The number of fused-ring (bicyclic) bond motifs is 1. The summed E-state index contributed by atoms with van der Waals surface area (Å²) in [5.41, 5.74) is 5.15. The highest BCUT2D eigenvalue weighted by molar-refractivity contribution is 7.89. The minimum absolute atomic E-state index is 0.00376. The topological polar surface area (TPSA) is 79.4 Å². The molecule has 8 heteroatoms. The normalized spacial score (nSPS) is 18.9. The highest BCUT2D eigenvalue weighted by atomic mass is 32.2. The molecule has 3 aromatic rings. The van der Waals surface area contributed by atoms with Gasteiger partial charge in [0.2, 0.25) is 10.0 Å². The molecule has 1 fully saturated rings. The molecule has 178 valence electrons. The number of aryl methyl sites for hydroxylation is 2. The summed E-state index contributed by atoms with van der Waals surface area (Å²) < 4.78 is 27.6. The van der Waals surface area contributed by atoms with Gasteiger partial charge in [0.25, 0.3) is 5.91 Å². The molecule has 34 heavy (non-hydrogen) atoms. The first kappa shape index (κ1) is 23.2. The van der Waals surface area contributed by atoms with Crippen LogP contribution in [0.2, 0.25) is 0 Å². The summed E-state index contributed by atoms with van der Waals surface area (Å²) in [5, 5.41) is 5.33. The molecule has 6 nitrogen and oxygen atoms in total. The smallest absolute Gasteiger partial charge is 0.257 e. The van der Waals surface area contributed by atoms with Crippen LogP contribution in [0.4, 0.5) is 5.13 Å². The van der Waals surface area contributed by atoms with Crippen molar-refractivity contribution in [3.63, 3.8) is 0 Å². The van der Waals surface area contributed by atoms with Gasteiger partial charge < -0.3 is 0 Å². The summed E-state index contributed by atoms with van der Waals surface area (Å²) in [4.78, 5) is 17.6. The van der Waals surface area contributed by atoms with E-state index in [1.165, 1.54) is 47.4 Å². The first-order valence-electron chi connectivity index (χ1n) is 11.9. The molecule has 5 rings (SSSR count). The van der Waals surface area contributed by atoms with Gasteiger partial charge in [-0.25, -0.2) is 13.4 Å². The van der Waals surface area contributed by atoms with Crippen molar-refractivity contribution in [2.75, 3.05) is 11.9 Å². The van der Waals surface area contributed by atoms with E-state index in [2.05, 4.69) is 28.5 Å². The van der Waals surface area contributed by atoms with Gasteiger partial charge in [0.1, 0.15) is 0 Å². The average molecular weight is 496 g/mol. The Morgan fingerprint density at radius 2 is 1.79 bits per heavy atom. The van der Waals surface area contributed by atoms with E-state index < -0.39 is 10.0 Å². The zero-order valence-electron chi connectivity index (χ0n) is 19.3. The minimum Gasteiger partial charge on any atom is -0.298 e. The van der Waals surface area contributed by atoms with Crippen molar-refractivity contribution in [3.8, 4) is 11.3 Å². The molecule has 1 N–H and O–H groups in total. The standard InChI is InChI=1S/C26H29N3O3S2/c1-18-6-4-5-15-29(18)34(31,32)23-13-11-20(12-14-23)25(30)28-26-27-24(17-33-26)22-10-9-19-7-2-3-8-21(19)16-22/h9-14,16-18H,2-8,15H2,1H3,(H,27,28,30)/t18-/m1/s1. The first-order chi connectivity index (χ1) is 16.4. The Hall–Kier alpha value is -2.55. The van der Waals surface area contributed by atoms with E-state index in [1.54, 1.807) is 16.4 Å². The molecule has 1 aliphatic heterocycles. The maximum atomic E-state index is 13.0. The molecule has 0 bridgehead atoms. The number of piperidine rings is 1. The van der Waals surface area contributed by atoms with Gasteiger partial charge in [0, 0.05) is 29.1 Å². The Morgan fingerprint density at radius 3 is 2.56 bits per heavy atom. The van der Waals surface area contributed by atoms with Gasteiger partial charge in [-0.3, -0.25) is 10.1 Å². The fourth-order valence-corrected chi connectivity index (χ4v) is 7.28. The van der Waals surface area contributed by atoms with Crippen molar-refractivity contribution in [3.05, 3.63) is 64.5 Å². The number of aromatic nitrogens is 1. The minimum atomic E-state index is -3.56. The van der Waals surface area contributed by atoms with Crippen molar-refractivity contribution in [2.24, 2.45) is 0 Å². The molecule has 0 unspecified atom stereocenters. The van der Waals surface area contributed by atoms with Crippen LogP contribution in [0.25, 0.3) is 11.3 Å². The number of benzene rings is 2. The van der Waals surface area contributed by atoms with E-state index in [1.807, 2.05) is 12.3 Å². The third kappa shape index (κ3) is 4.67. The number of nitrogens with one attached hydrogen (secondary N) is 1. The monoisotopic (exact) mass is 495 g/mol. The third-order valence-electron chi connectivity index (χ3n) is 6.83. The fraction of sp³-hybridized carbons (Fsp3) is 0.385. The number of thiazole rings is 1. The number of anilines is 1. The lowest BCUT2D eigenvalue weighted by Crippen LogP contribution is -2.41. The van der Waals surface area contributed by atoms with Crippen LogP contribution in [0, 0.1) is 0 Å². The molecular weight excluding hydrogens is 466 g/mol. The van der Waals surface area contributed by atoms with Gasteiger partial charge in [-0.2, -0.15) is 4.31 Å². The highest BCUT2D eigenvalue weighted by Crippen LogP contribution is 2.30. The molecule has 1 saturated heterocycles. The van der Waals surface area contributed by atoms with Crippen molar-refractivity contribution in [1.29, 1.82) is 0 Å². The highest BCUT2D eigenvalue weighted by Gasteiger charge is 2.31. The van der Waals surface area contributed by atoms with Crippen molar-refractivity contribution in [2.45, 2.75) is 62.8 Å². The van der Waals surface area contributed by atoms with Crippen LogP contribution in [0.1, 0.15) is 60.5 Å². The molecule has 1 amide bonds. The van der Waals surface area contributed by atoms with Gasteiger partial charge in [-0.15, -0.1) is 11.3 Å². The Balaban J connectivity index is 1.28. The molecule has 1 atom stereocenters. The molecule has 2 aliphatic rings. The van der Waals surface area contributed by atoms with E-state index in [4.69, 9.17) is 0 Å². The summed E-state index contributed by atoms with van der Waals surface area (Å²) in [6.45, 7) is 2.49. The number of hydrogen-bond donors (Lipinski definition) is 1. The van der Waals surface area contributed by atoms with Gasteiger partial charge in [-0.1, -0.05) is 18.6 Å². The molecule has 0 saturated carbocycles. The molecule has 2 heterocycles. The third-order valence-corrected chi connectivity index (χ3v) is 9.62. The van der Waals surface area contributed by atoms with E-state index in [0.29, 0.717) is 17.2 Å². The predicted octanol–water partition coefficient (Wildman–Crippen LogP) is 5.50. The van der Waals surface area contributed by atoms with Crippen LogP contribution in [0.5, 0.6) is 0 Å². The lowest BCUT2D eigenvalue weighted by atomic mass is 9.90. The Bertz CT molecular complexity index is 1300. The summed E-state index contributed by atoms with van der Waals surface area (Å²) in [5.74, 6) is -0.304. The van der Waals surface area contributed by atoms with Crippen molar-refractivity contribution >= 4 is 32.4 Å². The number of nitrogens with zero attached hydrogens (tertiary/aromatic N) is 2. The maximum absolute atomic E-state index is 13.0. The summed E-state index contributed by atoms with van der Waals surface area (Å²) in [6, 6.07) is 12.7. The second kappa shape index (κ2) is 9.60. The number of carbonyl (C=O) groups excluding carboxylic acids is 1. The Kier molecular flexibility index (Phi) is 6.55. The first-order valence-corrected chi connectivity index (χ1v) is 14.2. The number of rotatable bonds is 5. The summed E-state index contributed by atoms with van der Waals surface area (Å²) in [7, 11) is -3.56. The second-order valence-corrected chi connectivity index (χ2v) is 11.9. The zero-order chi connectivity index (χ0) is 23.7. The van der Waals surface area contributed by atoms with Gasteiger partial charge in [0.05, 0.1) is 10.6 Å². The van der Waals surface area contributed by atoms with E-state index >= 15 is 0 Å². The Morgan fingerprint density at radius 1 is 1.03 bits per heavy atom. The second-order valence-electron chi connectivity index (χ2n) is 9.17.